The van der Waals surface area contributed by atoms with Gasteiger partial charge in [0.2, 0.25) is 5.91 Å². The number of rotatable bonds is 4. The monoisotopic (exact) mass is 248 g/mol. The van der Waals surface area contributed by atoms with Crippen molar-refractivity contribution in [2.45, 2.75) is 46.2 Å². The van der Waals surface area contributed by atoms with E-state index in [1.165, 1.54) is 0 Å². The summed E-state index contributed by atoms with van der Waals surface area (Å²) in [4.78, 5) is 14.1. The zero-order valence-electron chi connectivity index (χ0n) is 12.0. The fraction of sp³-hybridized carbons (Fsp3) is 0.533. The van der Waals surface area contributed by atoms with Gasteiger partial charge in [-0.2, -0.15) is 0 Å². The predicted molar refractivity (Wildman–Crippen MR) is 76.8 cm³/mol. The number of nitrogens with one attached hydrogen (secondary N) is 1. The van der Waals surface area contributed by atoms with Gasteiger partial charge in [-0.05, 0) is 46.8 Å². The van der Waals surface area contributed by atoms with Crippen LogP contribution in [-0.2, 0) is 4.79 Å². The molecule has 0 heterocycles. The molecule has 0 bridgehead atoms. The summed E-state index contributed by atoms with van der Waals surface area (Å²) >= 11 is 0. The molecule has 1 aromatic carbocycles. The summed E-state index contributed by atoms with van der Waals surface area (Å²) in [6.45, 7) is 10.6. The fourth-order valence-electron chi connectivity index (χ4n) is 1.74. The normalized spacial score (nSPS) is 11.7. The maximum atomic E-state index is 12.3. The van der Waals surface area contributed by atoms with Crippen LogP contribution in [0.3, 0.4) is 0 Å². The largest absolute Gasteiger partial charge is 0.309 e. The number of hydrogen-bond acceptors (Lipinski definition) is 2. The molecule has 0 spiro atoms. The highest BCUT2D eigenvalue weighted by atomic mass is 16.2. The lowest BCUT2D eigenvalue weighted by atomic mass is 10.1. The van der Waals surface area contributed by atoms with Crippen molar-refractivity contribution in [1.29, 1.82) is 0 Å². The summed E-state index contributed by atoms with van der Waals surface area (Å²) in [5.41, 5.74) is 0.905. The van der Waals surface area contributed by atoms with Gasteiger partial charge in [0.05, 0.1) is 6.54 Å². The Morgan fingerprint density at radius 1 is 1.22 bits per heavy atom. The highest BCUT2D eigenvalue weighted by Crippen LogP contribution is 2.16. The van der Waals surface area contributed by atoms with Crippen LogP contribution in [0.4, 0.5) is 5.69 Å². The standard InChI is InChI=1S/C15H24N2O/c1-12(2)17(13-9-7-6-8-10-13)14(18)11-16-15(3,4)5/h6-10,12,16H,11H2,1-5H3. The van der Waals surface area contributed by atoms with Crippen LogP contribution in [0.5, 0.6) is 0 Å². The quantitative estimate of drug-likeness (QED) is 0.888. The van der Waals surface area contributed by atoms with Gasteiger partial charge in [0.1, 0.15) is 0 Å². The molecule has 0 aliphatic heterocycles. The first kappa shape index (κ1) is 14.7. The Morgan fingerprint density at radius 2 is 1.78 bits per heavy atom. The topological polar surface area (TPSA) is 32.3 Å². The van der Waals surface area contributed by atoms with Gasteiger partial charge < -0.3 is 10.2 Å². The van der Waals surface area contributed by atoms with Crippen LogP contribution in [0, 0.1) is 0 Å². The second kappa shape index (κ2) is 6.01. The molecule has 18 heavy (non-hydrogen) atoms. The number of amides is 1. The van der Waals surface area contributed by atoms with Crippen molar-refractivity contribution in [2.24, 2.45) is 0 Å². The van der Waals surface area contributed by atoms with Crippen molar-refractivity contribution in [2.75, 3.05) is 11.4 Å². The van der Waals surface area contributed by atoms with Crippen LogP contribution in [0.15, 0.2) is 30.3 Å². The van der Waals surface area contributed by atoms with Crippen molar-refractivity contribution in [1.82, 2.24) is 5.32 Å². The van der Waals surface area contributed by atoms with Crippen LogP contribution in [0.1, 0.15) is 34.6 Å². The number of benzene rings is 1. The maximum absolute atomic E-state index is 12.3. The summed E-state index contributed by atoms with van der Waals surface area (Å²) < 4.78 is 0. The number of hydrogen-bond donors (Lipinski definition) is 1. The number of nitrogens with zero attached hydrogens (tertiary/aromatic N) is 1. The van der Waals surface area contributed by atoms with E-state index in [4.69, 9.17) is 0 Å². The minimum Gasteiger partial charge on any atom is -0.309 e. The van der Waals surface area contributed by atoms with Gasteiger partial charge in [0.25, 0.3) is 0 Å². The molecule has 0 saturated carbocycles. The zero-order chi connectivity index (χ0) is 13.8. The van der Waals surface area contributed by atoms with Crippen LogP contribution < -0.4 is 10.2 Å². The van der Waals surface area contributed by atoms with Crippen molar-refractivity contribution < 1.29 is 4.79 Å². The van der Waals surface area contributed by atoms with E-state index < -0.39 is 0 Å². The molecule has 1 rings (SSSR count). The summed E-state index contributed by atoms with van der Waals surface area (Å²) in [5.74, 6) is 0.103. The second-order valence-corrected chi connectivity index (χ2v) is 5.80. The lowest BCUT2D eigenvalue weighted by Crippen LogP contribution is -2.47. The third-order valence-electron chi connectivity index (χ3n) is 2.59. The first-order valence-corrected chi connectivity index (χ1v) is 6.43. The maximum Gasteiger partial charge on any atom is 0.241 e. The molecular formula is C15H24N2O. The van der Waals surface area contributed by atoms with E-state index >= 15 is 0 Å². The van der Waals surface area contributed by atoms with E-state index in [1.807, 2.05) is 49.1 Å². The van der Waals surface area contributed by atoms with Gasteiger partial charge >= 0.3 is 0 Å². The summed E-state index contributed by atoms with van der Waals surface area (Å²) in [6, 6.07) is 9.95. The lowest BCUT2D eigenvalue weighted by Gasteiger charge is -2.29. The van der Waals surface area contributed by atoms with E-state index in [0.717, 1.165) is 5.69 Å². The van der Waals surface area contributed by atoms with E-state index in [0.29, 0.717) is 6.54 Å². The number of para-hydroxylation sites is 1. The van der Waals surface area contributed by atoms with Crippen molar-refractivity contribution in [3.8, 4) is 0 Å². The summed E-state index contributed by atoms with van der Waals surface area (Å²) in [5, 5.41) is 3.24. The third-order valence-corrected chi connectivity index (χ3v) is 2.59. The molecule has 100 valence electrons. The molecule has 0 saturated heterocycles. The molecule has 1 aromatic rings. The van der Waals surface area contributed by atoms with E-state index in [9.17, 15) is 4.79 Å². The Balaban J connectivity index is 2.78. The SMILES string of the molecule is CC(C)N(C(=O)CNC(C)(C)C)c1ccccc1. The average Bonchev–Trinajstić information content (AvgIpc) is 2.26. The summed E-state index contributed by atoms with van der Waals surface area (Å²) in [6.07, 6.45) is 0. The minimum absolute atomic E-state index is 0.0466. The zero-order valence-corrected chi connectivity index (χ0v) is 12.0. The summed E-state index contributed by atoms with van der Waals surface area (Å²) in [7, 11) is 0. The number of anilines is 1. The highest BCUT2D eigenvalue weighted by Gasteiger charge is 2.20. The fourth-order valence-corrected chi connectivity index (χ4v) is 1.74. The first-order valence-electron chi connectivity index (χ1n) is 6.43. The minimum atomic E-state index is -0.0466. The molecule has 0 fully saturated rings. The van der Waals surface area contributed by atoms with Gasteiger partial charge in [0, 0.05) is 17.3 Å². The molecule has 0 radical (unpaired) electrons. The molecule has 0 aliphatic carbocycles. The number of carbonyl (C=O) groups excluding carboxylic acids is 1. The van der Waals surface area contributed by atoms with Gasteiger partial charge in [-0.3, -0.25) is 4.79 Å². The molecule has 1 amide bonds. The molecule has 3 heteroatoms. The molecule has 0 unspecified atom stereocenters. The van der Waals surface area contributed by atoms with E-state index in [2.05, 4.69) is 26.1 Å². The van der Waals surface area contributed by atoms with E-state index in [1.54, 1.807) is 0 Å². The van der Waals surface area contributed by atoms with E-state index in [-0.39, 0.29) is 17.5 Å². The third kappa shape index (κ3) is 4.49. The van der Waals surface area contributed by atoms with Gasteiger partial charge in [-0.15, -0.1) is 0 Å². The lowest BCUT2D eigenvalue weighted by molar-refractivity contribution is -0.118. The van der Waals surface area contributed by atoms with Crippen LogP contribution in [-0.4, -0.2) is 24.0 Å². The van der Waals surface area contributed by atoms with Crippen molar-refractivity contribution >= 4 is 11.6 Å². The molecular weight excluding hydrogens is 224 g/mol. The Morgan fingerprint density at radius 3 is 2.22 bits per heavy atom. The van der Waals surface area contributed by atoms with Crippen LogP contribution in [0.25, 0.3) is 0 Å². The van der Waals surface area contributed by atoms with Gasteiger partial charge in [-0.1, -0.05) is 18.2 Å². The molecule has 3 nitrogen and oxygen atoms in total. The Labute approximate surface area is 110 Å². The van der Waals surface area contributed by atoms with Gasteiger partial charge in [0.15, 0.2) is 0 Å². The van der Waals surface area contributed by atoms with Crippen molar-refractivity contribution in [3.05, 3.63) is 30.3 Å². The van der Waals surface area contributed by atoms with Crippen LogP contribution >= 0.6 is 0 Å². The highest BCUT2D eigenvalue weighted by molar-refractivity contribution is 5.95. The predicted octanol–water partition coefficient (Wildman–Crippen LogP) is 2.82. The Hall–Kier alpha value is -1.35. The Kier molecular flexibility index (Phi) is 4.91. The van der Waals surface area contributed by atoms with Crippen LogP contribution in [0.2, 0.25) is 0 Å². The molecule has 0 aliphatic rings. The average molecular weight is 248 g/mol. The first-order chi connectivity index (χ1) is 8.31. The molecule has 1 N–H and O–H groups in total. The molecule has 0 aromatic heterocycles. The smallest absolute Gasteiger partial charge is 0.241 e. The second-order valence-electron chi connectivity index (χ2n) is 5.80. The van der Waals surface area contributed by atoms with Gasteiger partial charge in [-0.25, -0.2) is 0 Å². The molecule has 0 atom stereocenters. The van der Waals surface area contributed by atoms with Crippen molar-refractivity contribution in [3.63, 3.8) is 0 Å². The number of carbonyl (C=O) groups is 1. The Bertz CT molecular complexity index is 379.